The molecule has 0 aliphatic heterocycles. The van der Waals surface area contributed by atoms with Gasteiger partial charge in [-0.3, -0.25) is 4.79 Å². The van der Waals surface area contributed by atoms with E-state index in [4.69, 9.17) is 5.73 Å². The number of hydrogen-bond donors (Lipinski definition) is 3. The molecular formula is C11H24ClN3O. The van der Waals surface area contributed by atoms with Crippen molar-refractivity contribution in [2.45, 2.75) is 45.2 Å². The maximum absolute atomic E-state index is 11.4. The molecule has 1 fully saturated rings. The van der Waals surface area contributed by atoms with Crippen LogP contribution in [0, 0.1) is 5.92 Å². The first-order chi connectivity index (χ1) is 6.98. The third-order valence-corrected chi connectivity index (χ3v) is 3.00. The first-order valence-corrected chi connectivity index (χ1v) is 5.72. The lowest BCUT2D eigenvalue weighted by atomic mass is 9.96. The van der Waals surface area contributed by atoms with Gasteiger partial charge >= 0.3 is 0 Å². The minimum Gasteiger partial charge on any atom is -0.353 e. The van der Waals surface area contributed by atoms with E-state index < -0.39 is 0 Å². The lowest BCUT2D eigenvalue weighted by molar-refractivity contribution is -0.121. The molecule has 1 saturated carbocycles. The molecule has 16 heavy (non-hydrogen) atoms. The average Bonchev–Trinajstić information content (AvgIpc) is 2.96. The van der Waals surface area contributed by atoms with Gasteiger partial charge in [0.15, 0.2) is 0 Å². The lowest BCUT2D eigenvalue weighted by Gasteiger charge is -2.29. The van der Waals surface area contributed by atoms with Gasteiger partial charge in [0, 0.05) is 18.1 Å². The summed E-state index contributed by atoms with van der Waals surface area (Å²) in [6.45, 7) is 6.98. The molecule has 1 aliphatic carbocycles. The minimum absolute atomic E-state index is 0. The average molecular weight is 250 g/mol. The van der Waals surface area contributed by atoms with E-state index in [1.54, 1.807) is 0 Å². The lowest BCUT2D eigenvalue weighted by Crippen LogP contribution is -2.54. The summed E-state index contributed by atoms with van der Waals surface area (Å²) in [6, 6.07) is 0.198. The fourth-order valence-electron chi connectivity index (χ4n) is 1.76. The Morgan fingerprint density at radius 3 is 2.44 bits per heavy atom. The van der Waals surface area contributed by atoms with Gasteiger partial charge in [-0.05, 0) is 39.5 Å². The van der Waals surface area contributed by atoms with Crippen molar-refractivity contribution in [3.8, 4) is 0 Å². The molecule has 0 aromatic carbocycles. The Kier molecular flexibility index (Phi) is 6.30. The third kappa shape index (κ3) is 4.68. The number of carbonyl (C=O) groups is 1. The highest BCUT2D eigenvalue weighted by Gasteiger charge is 2.40. The molecule has 1 aliphatic rings. The highest BCUT2D eigenvalue weighted by atomic mass is 35.5. The molecule has 96 valence electrons. The predicted octanol–water partition coefficient (Wildman–Crippen LogP) is 0.650. The van der Waals surface area contributed by atoms with Crippen LogP contribution in [0.15, 0.2) is 0 Å². The fourth-order valence-corrected chi connectivity index (χ4v) is 1.76. The van der Waals surface area contributed by atoms with Crippen molar-refractivity contribution in [2.75, 3.05) is 13.1 Å². The molecule has 0 aromatic heterocycles. The Hall–Kier alpha value is -0.320. The quantitative estimate of drug-likeness (QED) is 0.648. The summed E-state index contributed by atoms with van der Waals surface area (Å²) in [6.07, 6.45) is 2.46. The maximum Gasteiger partial charge on any atom is 0.234 e. The molecule has 4 N–H and O–H groups in total. The molecule has 0 heterocycles. The summed E-state index contributed by atoms with van der Waals surface area (Å²) < 4.78 is 0. The van der Waals surface area contributed by atoms with Crippen molar-refractivity contribution >= 4 is 18.3 Å². The molecule has 5 heteroatoms. The van der Waals surface area contributed by atoms with Crippen LogP contribution in [0.3, 0.4) is 0 Å². The molecule has 4 nitrogen and oxygen atoms in total. The molecule has 0 radical (unpaired) electrons. The van der Waals surface area contributed by atoms with E-state index in [9.17, 15) is 4.79 Å². The van der Waals surface area contributed by atoms with E-state index in [1.165, 1.54) is 12.8 Å². The summed E-state index contributed by atoms with van der Waals surface area (Å²) >= 11 is 0. The van der Waals surface area contributed by atoms with E-state index in [2.05, 4.69) is 17.6 Å². The van der Waals surface area contributed by atoms with Gasteiger partial charge in [0.2, 0.25) is 5.91 Å². The van der Waals surface area contributed by atoms with Crippen LogP contribution >= 0.6 is 12.4 Å². The number of nitrogens with two attached hydrogens (primary N) is 1. The highest BCUT2D eigenvalue weighted by molar-refractivity contribution is 5.85. The van der Waals surface area contributed by atoms with Gasteiger partial charge in [0.25, 0.3) is 0 Å². The van der Waals surface area contributed by atoms with E-state index in [-0.39, 0.29) is 29.9 Å². The normalized spacial score (nSPS) is 18.8. The molecule has 1 unspecified atom stereocenters. The standard InChI is InChI=1S/C11H23N3O.ClH/c1-8(2)14-10(15)6-13-11(3,7-12)9-4-5-9;/h8-9,13H,4-7,12H2,1-3H3,(H,14,15);1H. The number of halogens is 1. The second-order valence-electron chi connectivity index (χ2n) is 4.97. The van der Waals surface area contributed by atoms with Crippen LogP contribution in [-0.2, 0) is 4.79 Å². The van der Waals surface area contributed by atoms with Crippen LogP contribution in [-0.4, -0.2) is 30.6 Å². The van der Waals surface area contributed by atoms with Gasteiger partial charge in [-0.15, -0.1) is 12.4 Å². The first-order valence-electron chi connectivity index (χ1n) is 5.72. The number of carbonyl (C=O) groups excluding carboxylic acids is 1. The molecule has 0 spiro atoms. The van der Waals surface area contributed by atoms with Crippen molar-refractivity contribution < 1.29 is 4.79 Å². The second kappa shape index (κ2) is 6.42. The molecule has 1 atom stereocenters. The summed E-state index contributed by atoms with van der Waals surface area (Å²) in [4.78, 5) is 11.4. The zero-order valence-electron chi connectivity index (χ0n) is 10.4. The summed E-state index contributed by atoms with van der Waals surface area (Å²) in [5, 5.41) is 6.13. The van der Waals surface area contributed by atoms with Gasteiger partial charge < -0.3 is 16.4 Å². The maximum atomic E-state index is 11.4. The van der Waals surface area contributed by atoms with Crippen molar-refractivity contribution in [1.29, 1.82) is 0 Å². The van der Waals surface area contributed by atoms with Crippen LogP contribution < -0.4 is 16.4 Å². The molecule has 1 rings (SSSR count). The Balaban J connectivity index is 0.00000225. The van der Waals surface area contributed by atoms with Gasteiger partial charge in [-0.2, -0.15) is 0 Å². The van der Waals surface area contributed by atoms with Crippen molar-refractivity contribution in [1.82, 2.24) is 10.6 Å². The third-order valence-electron chi connectivity index (χ3n) is 3.00. The van der Waals surface area contributed by atoms with Gasteiger partial charge in [0.05, 0.1) is 6.54 Å². The topological polar surface area (TPSA) is 67.2 Å². The van der Waals surface area contributed by atoms with E-state index in [1.807, 2.05) is 13.8 Å². The van der Waals surface area contributed by atoms with Gasteiger partial charge in [-0.1, -0.05) is 0 Å². The van der Waals surface area contributed by atoms with Crippen LogP contribution in [0.25, 0.3) is 0 Å². The Morgan fingerprint density at radius 1 is 1.50 bits per heavy atom. The van der Waals surface area contributed by atoms with E-state index in [0.717, 1.165) is 0 Å². The summed E-state index contributed by atoms with van der Waals surface area (Å²) in [7, 11) is 0. The fraction of sp³-hybridized carbons (Fsp3) is 0.909. The zero-order valence-corrected chi connectivity index (χ0v) is 11.2. The Morgan fingerprint density at radius 2 is 2.06 bits per heavy atom. The number of nitrogens with one attached hydrogen (secondary N) is 2. The largest absolute Gasteiger partial charge is 0.353 e. The Labute approximate surface area is 104 Å². The SMILES string of the molecule is CC(C)NC(=O)CNC(C)(CN)C1CC1.Cl. The van der Waals surface area contributed by atoms with Gasteiger partial charge in [-0.25, -0.2) is 0 Å². The van der Waals surface area contributed by atoms with E-state index >= 15 is 0 Å². The van der Waals surface area contributed by atoms with Crippen molar-refractivity contribution in [3.63, 3.8) is 0 Å². The monoisotopic (exact) mass is 249 g/mol. The smallest absolute Gasteiger partial charge is 0.234 e. The van der Waals surface area contributed by atoms with Crippen LogP contribution in [0.2, 0.25) is 0 Å². The first kappa shape index (κ1) is 15.7. The van der Waals surface area contributed by atoms with Crippen LogP contribution in [0.4, 0.5) is 0 Å². The second-order valence-corrected chi connectivity index (χ2v) is 4.97. The molecule has 0 saturated heterocycles. The summed E-state index contributed by atoms with van der Waals surface area (Å²) in [5.74, 6) is 0.694. The Bertz CT molecular complexity index is 231. The summed E-state index contributed by atoms with van der Waals surface area (Å²) in [5.41, 5.74) is 5.68. The van der Waals surface area contributed by atoms with Gasteiger partial charge in [0.1, 0.15) is 0 Å². The highest BCUT2D eigenvalue weighted by Crippen LogP contribution is 2.38. The number of hydrogen-bond acceptors (Lipinski definition) is 3. The van der Waals surface area contributed by atoms with E-state index in [0.29, 0.717) is 19.0 Å². The molecule has 1 amide bonds. The molecule has 0 aromatic rings. The van der Waals surface area contributed by atoms with Crippen molar-refractivity contribution in [2.24, 2.45) is 11.7 Å². The number of amides is 1. The van der Waals surface area contributed by atoms with Crippen LogP contribution in [0.1, 0.15) is 33.6 Å². The zero-order chi connectivity index (χ0) is 11.5. The molecule has 0 bridgehead atoms. The number of rotatable bonds is 6. The van der Waals surface area contributed by atoms with Crippen LogP contribution in [0.5, 0.6) is 0 Å². The molecular weight excluding hydrogens is 226 g/mol. The predicted molar refractivity (Wildman–Crippen MR) is 68.7 cm³/mol. The van der Waals surface area contributed by atoms with Crippen molar-refractivity contribution in [3.05, 3.63) is 0 Å². The minimum atomic E-state index is -0.0612.